The molecule has 3 heterocycles. The van der Waals surface area contributed by atoms with Crippen molar-refractivity contribution < 1.29 is 31.1 Å². The Labute approximate surface area is 350 Å². The zero-order valence-corrected chi connectivity index (χ0v) is 35.2. The molecule has 9 rings (SSSR count). The van der Waals surface area contributed by atoms with Crippen molar-refractivity contribution in [2.24, 2.45) is 0 Å². The maximum atomic E-state index is 8.73. The Hall–Kier alpha value is -4.25. The van der Waals surface area contributed by atoms with Crippen LogP contribution in [0.2, 0.25) is 19.6 Å². The fourth-order valence-electron chi connectivity index (χ4n) is 7.12. The predicted octanol–water partition coefficient (Wildman–Crippen LogP) is 13.1. The van der Waals surface area contributed by atoms with Crippen molar-refractivity contribution in [3.63, 3.8) is 0 Å². The molecule has 5 aromatic carbocycles. The van der Waals surface area contributed by atoms with Gasteiger partial charge >= 0.3 is 0 Å². The summed E-state index contributed by atoms with van der Waals surface area (Å²) in [6.45, 7) is 8.38. The number of benzene rings is 5. The van der Waals surface area contributed by atoms with E-state index in [4.69, 9.17) is 11.0 Å². The third-order valence-corrected chi connectivity index (χ3v) is 13.0. The SMILES string of the molecule is [2H]C([2H])([2H])c1c[c-]c(-c2cc(C([2H])(C)C)c([Si](C)(C)C)cn2)cc1.[2H]C1([2H])CCC([2H])([2H])c2c1ccnc2-c1[c-]ccc2c1sc1cc(-c3cccc4ccccc34)ccc12.[Ir]. The van der Waals surface area contributed by atoms with E-state index in [1.54, 1.807) is 35.7 Å². The molecule has 0 saturated carbocycles. The largest absolute Gasteiger partial charge is 0.305 e. The number of fused-ring (bicyclic) bond motifs is 5. The quantitative estimate of drug-likeness (QED) is 0.127. The molecule has 5 heteroatoms. The molecule has 1 aliphatic rings. The molecule has 0 saturated heterocycles. The number of rotatable bonds is 5. The summed E-state index contributed by atoms with van der Waals surface area (Å²) in [5.74, 6) is -0.716. The second-order valence-corrected chi connectivity index (χ2v) is 20.8. The molecular formula is C49H46IrN2SSi-2. The molecule has 1 aliphatic carbocycles. The summed E-state index contributed by atoms with van der Waals surface area (Å²) in [6.07, 6.45) is 0.538. The molecule has 0 atom stereocenters. The number of nitrogens with zero attached hydrogens (tertiary/aromatic N) is 2. The van der Waals surface area contributed by atoms with Crippen LogP contribution >= 0.6 is 11.3 Å². The van der Waals surface area contributed by atoms with Gasteiger partial charge < -0.3 is 9.97 Å². The summed E-state index contributed by atoms with van der Waals surface area (Å²) in [6, 6.07) is 40.1. The minimum Gasteiger partial charge on any atom is -0.305 e. The average Bonchev–Trinajstić information content (AvgIpc) is 3.59. The van der Waals surface area contributed by atoms with Gasteiger partial charge in [-0.3, -0.25) is 0 Å². The fraction of sp³-hybridized carbons (Fsp3) is 0.224. The molecule has 0 N–H and O–H groups in total. The first-order valence-corrected chi connectivity index (χ1v) is 22.3. The summed E-state index contributed by atoms with van der Waals surface area (Å²) in [5, 5.41) is 5.84. The minimum absolute atomic E-state index is 0. The van der Waals surface area contributed by atoms with E-state index in [0.29, 0.717) is 16.8 Å². The van der Waals surface area contributed by atoms with E-state index in [9.17, 15) is 0 Å². The van der Waals surface area contributed by atoms with Crippen LogP contribution in [-0.4, -0.2) is 18.0 Å². The Morgan fingerprint density at radius 1 is 0.852 bits per heavy atom. The maximum absolute atomic E-state index is 8.73. The molecule has 54 heavy (non-hydrogen) atoms. The summed E-state index contributed by atoms with van der Waals surface area (Å²) < 4.78 is 67.4. The molecule has 1 radical (unpaired) electrons. The standard InChI is InChI=1S/C31H22NS.C18H24NSi.Ir/c1-3-10-23-20(7-1)9-5-12-24(23)22-15-16-26-27-13-6-14-28(31(27)33-29(26)19-22)30-25-11-4-2-8-21(25)17-18-32-30;1-13(2)16-11-17(15-9-7-14(3)8-10-15)19-12-18(16)20(4,5)6;/h1,3,5-7,9-10,12-13,15-19H,2,4,8,11H2;7-9,11-13H,1-6H3;/q2*-1;/i8D2,11D2;3D3,13D;. The Morgan fingerprint density at radius 3 is 2.48 bits per heavy atom. The van der Waals surface area contributed by atoms with E-state index in [1.165, 1.54) is 27.6 Å². The van der Waals surface area contributed by atoms with Crippen LogP contribution in [-0.2, 0) is 32.9 Å². The van der Waals surface area contributed by atoms with Gasteiger partial charge in [0.2, 0.25) is 0 Å². The molecule has 0 fully saturated rings. The third kappa shape index (κ3) is 7.53. The van der Waals surface area contributed by atoms with Crippen LogP contribution in [0.15, 0.2) is 116 Å². The topological polar surface area (TPSA) is 25.8 Å². The Bertz CT molecular complexity index is 2940. The van der Waals surface area contributed by atoms with Gasteiger partial charge in [-0.15, -0.1) is 59.2 Å². The zero-order chi connectivity index (χ0) is 43.7. The Balaban J connectivity index is 0.000000202. The molecule has 0 bridgehead atoms. The number of aryl methyl sites for hydroxylation is 2. The molecule has 0 aliphatic heterocycles. The third-order valence-electron chi connectivity index (χ3n) is 9.80. The van der Waals surface area contributed by atoms with Crippen molar-refractivity contribution >= 4 is 55.5 Å². The van der Waals surface area contributed by atoms with Crippen LogP contribution in [0.25, 0.3) is 64.6 Å². The fourth-order valence-corrected chi connectivity index (χ4v) is 9.94. The number of hydrogen-bond acceptors (Lipinski definition) is 3. The predicted molar refractivity (Wildman–Crippen MR) is 231 cm³/mol. The Kier molecular flexibility index (Phi) is 8.54. The summed E-state index contributed by atoms with van der Waals surface area (Å²) in [5.41, 5.74) is 7.08. The van der Waals surface area contributed by atoms with Gasteiger partial charge in [0.15, 0.2) is 0 Å². The summed E-state index contributed by atoms with van der Waals surface area (Å²) in [7, 11) is -1.61. The first-order valence-electron chi connectivity index (χ1n) is 22.0. The summed E-state index contributed by atoms with van der Waals surface area (Å²) >= 11 is 1.66. The second-order valence-electron chi connectivity index (χ2n) is 14.7. The van der Waals surface area contributed by atoms with E-state index in [-0.39, 0.29) is 38.5 Å². The number of hydrogen-bond donors (Lipinski definition) is 0. The zero-order valence-electron chi connectivity index (χ0n) is 39.0. The molecule has 273 valence electrons. The Morgan fingerprint density at radius 2 is 1.69 bits per heavy atom. The van der Waals surface area contributed by atoms with Gasteiger partial charge in [0.25, 0.3) is 0 Å². The molecule has 8 aromatic rings. The number of aromatic nitrogens is 2. The number of thiophene rings is 1. The first kappa shape index (κ1) is 29.1. The summed E-state index contributed by atoms with van der Waals surface area (Å²) in [4.78, 5) is 9.17. The van der Waals surface area contributed by atoms with Crippen LogP contribution in [0.4, 0.5) is 0 Å². The van der Waals surface area contributed by atoms with Gasteiger partial charge in [-0.1, -0.05) is 123 Å². The van der Waals surface area contributed by atoms with Crippen molar-refractivity contribution in [1.29, 1.82) is 0 Å². The van der Waals surface area contributed by atoms with Gasteiger partial charge in [0.05, 0.1) is 8.07 Å². The normalized spacial score (nSPS) is 17.2. The van der Waals surface area contributed by atoms with Crippen LogP contribution in [0.3, 0.4) is 0 Å². The molecule has 0 amide bonds. The molecule has 3 aromatic heterocycles. The van der Waals surface area contributed by atoms with Crippen molar-refractivity contribution in [3.05, 3.63) is 150 Å². The van der Waals surface area contributed by atoms with Gasteiger partial charge in [-0.2, -0.15) is 11.3 Å². The van der Waals surface area contributed by atoms with Crippen LogP contribution < -0.4 is 5.19 Å². The smallest absolute Gasteiger partial charge is 0.0799 e. The van der Waals surface area contributed by atoms with Crippen molar-refractivity contribution in [1.82, 2.24) is 9.97 Å². The van der Waals surface area contributed by atoms with Gasteiger partial charge in [0.1, 0.15) is 0 Å². The van der Waals surface area contributed by atoms with E-state index in [1.807, 2.05) is 32.2 Å². The first-order chi connectivity index (χ1) is 28.6. The second kappa shape index (κ2) is 15.8. The number of pyridine rings is 2. The van der Waals surface area contributed by atoms with Crippen LogP contribution in [0.1, 0.15) is 65.8 Å². The van der Waals surface area contributed by atoms with Gasteiger partial charge in [-0.25, -0.2) is 0 Å². The van der Waals surface area contributed by atoms with E-state index in [2.05, 4.69) is 108 Å². The van der Waals surface area contributed by atoms with Gasteiger partial charge in [-0.05, 0) is 92.2 Å². The van der Waals surface area contributed by atoms with Crippen LogP contribution in [0.5, 0.6) is 0 Å². The molecular weight excluding hydrogens is 869 g/mol. The van der Waals surface area contributed by atoms with Crippen molar-refractivity contribution in [3.8, 4) is 33.6 Å². The van der Waals surface area contributed by atoms with Crippen molar-refractivity contribution in [2.45, 2.75) is 71.8 Å². The minimum atomic E-state index is -2.13. The van der Waals surface area contributed by atoms with Crippen molar-refractivity contribution in [2.75, 3.05) is 0 Å². The monoisotopic (exact) mass is 923 g/mol. The van der Waals surface area contributed by atoms with Crippen LogP contribution in [0, 0.1) is 19.0 Å². The molecule has 0 unspecified atom stereocenters. The molecule has 2 nitrogen and oxygen atoms in total. The van der Waals surface area contributed by atoms with E-state index >= 15 is 0 Å². The maximum Gasteiger partial charge on any atom is 0.0799 e. The molecule has 0 spiro atoms. The van der Waals surface area contributed by atoms with E-state index in [0.717, 1.165) is 48.1 Å². The van der Waals surface area contributed by atoms with Gasteiger partial charge in [0, 0.05) is 48.2 Å². The average molecular weight is 923 g/mol. The van der Waals surface area contributed by atoms with E-state index < -0.39 is 33.6 Å².